The maximum Gasteiger partial charge on any atom is 0.226 e. The van der Waals surface area contributed by atoms with E-state index >= 15 is 0 Å². The molecule has 0 saturated carbocycles. The van der Waals surface area contributed by atoms with Gasteiger partial charge in [0.05, 0.1) is 18.2 Å². The zero-order valence-electron chi connectivity index (χ0n) is 13.2. The Balaban J connectivity index is 1.64. The van der Waals surface area contributed by atoms with Gasteiger partial charge in [-0.2, -0.15) is 10.1 Å². The molecule has 1 N–H and O–H groups in total. The van der Waals surface area contributed by atoms with Crippen molar-refractivity contribution in [3.63, 3.8) is 0 Å². The molecule has 0 fully saturated rings. The Hall–Kier alpha value is -3.22. The van der Waals surface area contributed by atoms with Gasteiger partial charge in [0.1, 0.15) is 17.9 Å². The largest absolute Gasteiger partial charge is 0.469 e. The van der Waals surface area contributed by atoms with Gasteiger partial charge in [-0.05, 0) is 23.8 Å². The van der Waals surface area contributed by atoms with Gasteiger partial charge in [-0.3, -0.25) is 9.78 Å². The highest BCUT2D eigenvalue weighted by atomic mass is 16.3. The van der Waals surface area contributed by atoms with Gasteiger partial charge in [0.15, 0.2) is 0 Å². The van der Waals surface area contributed by atoms with Crippen molar-refractivity contribution in [1.82, 2.24) is 19.7 Å². The third kappa shape index (κ3) is 2.20. The van der Waals surface area contributed by atoms with Crippen molar-refractivity contribution in [2.45, 2.75) is 18.4 Å². The first-order valence-corrected chi connectivity index (χ1v) is 8.15. The molecule has 0 radical (unpaired) electrons. The monoisotopic (exact) mass is 333 g/mol. The van der Waals surface area contributed by atoms with Crippen LogP contribution in [-0.2, 0) is 4.79 Å². The van der Waals surface area contributed by atoms with Gasteiger partial charge < -0.3 is 9.73 Å². The Labute approximate surface area is 143 Å². The summed E-state index contributed by atoms with van der Waals surface area (Å²) in [7, 11) is 0. The van der Waals surface area contributed by atoms with Gasteiger partial charge in [-0.1, -0.05) is 12.1 Å². The van der Waals surface area contributed by atoms with Gasteiger partial charge in [-0.25, -0.2) is 4.68 Å². The minimum atomic E-state index is -0.329. The fourth-order valence-corrected chi connectivity index (χ4v) is 3.75. The minimum Gasteiger partial charge on any atom is -0.469 e. The van der Waals surface area contributed by atoms with Crippen LogP contribution >= 0.6 is 0 Å². The topological polar surface area (TPSA) is 85.8 Å². The fourth-order valence-electron chi connectivity index (χ4n) is 3.75. The molecule has 7 nitrogen and oxygen atoms in total. The summed E-state index contributed by atoms with van der Waals surface area (Å²) in [6.07, 6.45) is 9.12. The summed E-state index contributed by atoms with van der Waals surface area (Å²) in [5, 5.41) is 7.59. The Morgan fingerprint density at radius 3 is 3.04 bits per heavy atom. The van der Waals surface area contributed by atoms with Crippen molar-refractivity contribution >= 4 is 11.7 Å². The summed E-state index contributed by atoms with van der Waals surface area (Å²) in [4.78, 5) is 21.5. The molecule has 3 atom stereocenters. The predicted octanol–water partition coefficient (Wildman–Crippen LogP) is 2.54. The molecule has 0 amide bonds. The van der Waals surface area contributed by atoms with Crippen LogP contribution in [0.3, 0.4) is 0 Å². The molecule has 124 valence electrons. The zero-order valence-corrected chi connectivity index (χ0v) is 13.2. The van der Waals surface area contributed by atoms with Crippen molar-refractivity contribution in [2.75, 3.05) is 5.32 Å². The van der Waals surface area contributed by atoms with Crippen molar-refractivity contribution in [3.05, 3.63) is 72.3 Å². The maximum absolute atomic E-state index is 13.0. The third-order valence-corrected chi connectivity index (χ3v) is 4.83. The summed E-state index contributed by atoms with van der Waals surface area (Å²) >= 11 is 0. The lowest BCUT2D eigenvalue weighted by atomic mass is 9.77. The molecular formula is C18H15N5O2. The van der Waals surface area contributed by atoms with E-state index in [2.05, 4.69) is 26.5 Å². The number of hydrogen-bond acceptors (Lipinski definition) is 6. The highest BCUT2D eigenvalue weighted by Gasteiger charge is 2.43. The van der Waals surface area contributed by atoms with E-state index in [1.165, 1.54) is 6.33 Å². The second-order valence-corrected chi connectivity index (χ2v) is 6.28. The number of rotatable bonds is 2. The van der Waals surface area contributed by atoms with E-state index in [9.17, 15) is 4.79 Å². The van der Waals surface area contributed by atoms with Crippen LogP contribution in [0, 0.1) is 5.92 Å². The smallest absolute Gasteiger partial charge is 0.226 e. The number of nitrogens with zero attached hydrogens (tertiary/aromatic N) is 4. The molecule has 0 spiro atoms. The van der Waals surface area contributed by atoms with E-state index in [0.29, 0.717) is 12.4 Å². The molecule has 7 heteroatoms. The van der Waals surface area contributed by atoms with Crippen molar-refractivity contribution in [1.29, 1.82) is 0 Å². The lowest BCUT2D eigenvalue weighted by molar-refractivity contribution is -0.123. The molecular weight excluding hydrogens is 318 g/mol. The second kappa shape index (κ2) is 5.41. The Kier molecular flexibility index (Phi) is 3.06. The van der Waals surface area contributed by atoms with E-state index in [0.717, 1.165) is 17.0 Å². The summed E-state index contributed by atoms with van der Waals surface area (Å²) in [6.45, 7) is 0. The highest BCUT2D eigenvalue weighted by Crippen LogP contribution is 2.43. The molecule has 3 aromatic heterocycles. The molecule has 0 saturated heterocycles. The summed E-state index contributed by atoms with van der Waals surface area (Å²) in [6, 6.07) is 7.34. The number of ketones is 1. The number of fused-ring (bicyclic) bond motifs is 2. The first-order valence-electron chi connectivity index (χ1n) is 8.15. The Morgan fingerprint density at radius 1 is 1.28 bits per heavy atom. The molecule has 4 heterocycles. The van der Waals surface area contributed by atoms with E-state index in [-0.39, 0.29) is 23.7 Å². The quantitative estimate of drug-likeness (QED) is 0.775. The SMILES string of the molecule is O=C1C[C@@H](c2ccco2)C=C2Nc3ncnn3[C@H](c3cccnc3)[C@@H]12. The number of Topliss-reactive ketones (excluding diaryl/α,β-unsaturated/α-hetero) is 1. The van der Waals surface area contributed by atoms with E-state index in [1.807, 2.05) is 24.3 Å². The van der Waals surface area contributed by atoms with Crippen LogP contribution in [-0.4, -0.2) is 25.5 Å². The Bertz CT molecular complexity index is 945. The Morgan fingerprint density at radius 2 is 2.24 bits per heavy atom. The molecule has 5 rings (SSSR count). The number of nitrogens with one attached hydrogen (secondary N) is 1. The zero-order chi connectivity index (χ0) is 16.8. The average molecular weight is 333 g/mol. The van der Waals surface area contributed by atoms with E-state index < -0.39 is 0 Å². The number of pyridine rings is 1. The number of furan rings is 1. The number of carbonyl (C=O) groups excluding carboxylic acids is 1. The molecule has 0 aromatic carbocycles. The molecule has 3 aromatic rings. The van der Waals surface area contributed by atoms with Crippen molar-refractivity contribution in [2.24, 2.45) is 5.92 Å². The van der Waals surface area contributed by atoms with E-state index in [1.54, 1.807) is 23.3 Å². The summed E-state index contributed by atoms with van der Waals surface area (Å²) < 4.78 is 7.27. The summed E-state index contributed by atoms with van der Waals surface area (Å²) in [5.74, 6) is 1.19. The van der Waals surface area contributed by atoms with Gasteiger partial charge in [0.25, 0.3) is 0 Å². The van der Waals surface area contributed by atoms with Crippen LogP contribution < -0.4 is 5.32 Å². The average Bonchev–Trinajstić information content (AvgIpc) is 3.32. The van der Waals surface area contributed by atoms with Gasteiger partial charge in [0.2, 0.25) is 5.95 Å². The van der Waals surface area contributed by atoms with Crippen molar-refractivity contribution in [3.8, 4) is 0 Å². The number of carbonyl (C=O) groups is 1. The van der Waals surface area contributed by atoms with Crippen molar-refractivity contribution < 1.29 is 9.21 Å². The minimum absolute atomic E-state index is 0.0646. The van der Waals surface area contributed by atoms with Crippen LogP contribution in [0.25, 0.3) is 0 Å². The number of aromatic nitrogens is 4. The second-order valence-electron chi connectivity index (χ2n) is 6.28. The van der Waals surface area contributed by atoms with Crippen LogP contribution in [0.4, 0.5) is 5.95 Å². The maximum atomic E-state index is 13.0. The number of hydrogen-bond donors (Lipinski definition) is 1. The fraction of sp³-hybridized carbons (Fsp3) is 0.222. The summed E-state index contributed by atoms with van der Waals surface area (Å²) in [5.41, 5.74) is 1.79. The first kappa shape index (κ1) is 14.2. The molecule has 25 heavy (non-hydrogen) atoms. The lowest BCUT2D eigenvalue weighted by Gasteiger charge is -2.37. The van der Waals surface area contributed by atoms with Gasteiger partial charge in [-0.15, -0.1) is 0 Å². The van der Waals surface area contributed by atoms with E-state index in [4.69, 9.17) is 4.42 Å². The first-order chi connectivity index (χ1) is 12.3. The number of allylic oxidation sites excluding steroid dienone is 2. The highest BCUT2D eigenvalue weighted by molar-refractivity contribution is 5.88. The molecule has 1 aliphatic carbocycles. The van der Waals surface area contributed by atoms with Crippen LogP contribution in [0.1, 0.15) is 29.7 Å². The number of anilines is 1. The van der Waals surface area contributed by atoms with Gasteiger partial charge in [0, 0.05) is 30.4 Å². The predicted molar refractivity (Wildman–Crippen MR) is 88.7 cm³/mol. The van der Waals surface area contributed by atoms with Crippen LogP contribution in [0.2, 0.25) is 0 Å². The molecule has 0 unspecified atom stereocenters. The standard InChI is InChI=1S/C18H15N5O2/c24-14-8-12(15-4-2-6-25-15)7-13-16(14)17(11-3-1-5-19-9-11)23-18(22-13)20-10-21-23/h1-7,9-10,12,16-17H,8H2,(H,20,21,22)/t12-,16+,17+/m0/s1. The normalized spacial score (nSPS) is 24.9. The third-order valence-electron chi connectivity index (χ3n) is 4.83. The lowest BCUT2D eigenvalue weighted by Crippen LogP contribution is -2.40. The molecule has 2 aliphatic rings. The molecule has 1 aliphatic heterocycles. The van der Waals surface area contributed by atoms with Crippen LogP contribution in [0.5, 0.6) is 0 Å². The molecule has 0 bridgehead atoms. The van der Waals surface area contributed by atoms with Gasteiger partial charge >= 0.3 is 0 Å². The van der Waals surface area contributed by atoms with Crippen LogP contribution in [0.15, 0.2) is 65.4 Å².